The maximum Gasteiger partial charge on any atom is 0.154 e. The van der Waals surface area contributed by atoms with Gasteiger partial charge in [-0.1, -0.05) is 18.2 Å². The Labute approximate surface area is 121 Å². The van der Waals surface area contributed by atoms with Gasteiger partial charge in [0, 0.05) is 21.0 Å². The molecule has 0 aliphatic heterocycles. The summed E-state index contributed by atoms with van der Waals surface area (Å²) < 4.78 is 3.88. The van der Waals surface area contributed by atoms with E-state index in [4.69, 9.17) is 0 Å². The molecule has 0 aliphatic rings. The van der Waals surface area contributed by atoms with Crippen molar-refractivity contribution in [1.29, 1.82) is 0 Å². The Morgan fingerprint density at radius 3 is 2.95 bits per heavy atom. The Hall–Kier alpha value is -1.72. The molecule has 0 amide bonds. The minimum Gasteiger partial charge on any atom is -0.220 e. The van der Waals surface area contributed by atoms with Crippen LogP contribution < -0.4 is 0 Å². The fraction of sp³-hybridized carbons (Fsp3) is 0. The van der Waals surface area contributed by atoms with Gasteiger partial charge < -0.3 is 0 Å². The van der Waals surface area contributed by atoms with Crippen molar-refractivity contribution in [3.05, 3.63) is 52.6 Å². The summed E-state index contributed by atoms with van der Waals surface area (Å²) in [6, 6.07) is 12.4. The molecule has 0 N–H and O–H groups in total. The van der Waals surface area contributed by atoms with Crippen LogP contribution in [0.2, 0.25) is 0 Å². The molecule has 0 bridgehead atoms. The van der Waals surface area contributed by atoms with E-state index < -0.39 is 0 Å². The van der Waals surface area contributed by atoms with Gasteiger partial charge in [0.1, 0.15) is 4.60 Å². The molecule has 1 aromatic carbocycles. The van der Waals surface area contributed by atoms with Crippen LogP contribution in [-0.4, -0.2) is 14.6 Å². The van der Waals surface area contributed by atoms with E-state index in [1.807, 2.05) is 18.3 Å². The first kappa shape index (κ1) is 11.1. The number of rotatable bonds is 1. The van der Waals surface area contributed by atoms with Crippen LogP contribution in [0.3, 0.4) is 0 Å². The molecule has 4 aromatic rings. The molecule has 0 aliphatic carbocycles. The molecule has 3 heterocycles. The van der Waals surface area contributed by atoms with Gasteiger partial charge in [0.2, 0.25) is 0 Å². The molecular weight excluding hydrogens is 322 g/mol. The van der Waals surface area contributed by atoms with Crippen molar-refractivity contribution in [3.63, 3.8) is 0 Å². The topological polar surface area (TPSA) is 30.2 Å². The summed E-state index contributed by atoms with van der Waals surface area (Å²) in [5, 5.41) is 8.03. The Kier molecular flexibility index (Phi) is 2.43. The van der Waals surface area contributed by atoms with E-state index in [-0.39, 0.29) is 0 Å². The van der Waals surface area contributed by atoms with Crippen LogP contribution in [0.15, 0.2) is 52.6 Å². The third-order valence-electron chi connectivity index (χ3n) is 3.05. The highest BCUT2D eigenvalue weighted by Crippen LogP contribution is 2.32. The lowest BCUT2D eigenvalue weighted by molar-refractivity contribution is 0.943. The number of nitrogens with zero attached hydrogens (tertiary/aromatic N) is 3. The lowest BCUT2D eigenvalue weighted by Crippen LogP contribution is -1.92. The van der Waals surface area contributed by atoms with E-state index in [1.165, 1.54) is 15.6 Å². The molecule has 0 radical (unpaired) electrons. The molecule has 0 saturated carbocycles. The third kappa shape index (κ3) is 1.77. The van der Waals surface area contributed by atoms with Crippen molar-refractivity contribution < 1.29 is 0 Å². The van der Waals surface area contributed by atoms with Gasteiger partial charge in [0.15, 0.2) is 5.65 Å². The molecule has 3 aromatic heterocycles. The SMILES string of the molecule is Brc1cn2nc(-c3csc4ccccc34)ccc2n1. The molecule has 4 rings (SSSR count). The second-order valence-corrected chi connectivity index (χ2v) is 5.95. The van der Waals surface area contributed by atoms with Crippen molar-refractivity contribution in [1.82, 2.24) is 14.6 Å². The van der Waals surface area contributed by atoms with Gasteiger partial charge in [-0.15, -0.1) is 11.3 Å². The minimum atomic E-state index is 0.798. The van der Waals surface area contributed by atoms with Gasteiger partial charge in [-0.3, -0.25) is 0 Å². The van der Waals surface area contributed by atoms with E-state index in [9.17, 15) is 0 Å². The van der Waals surface area contributed by atoms with Crippen molar-refractivity contribution in [2.45, 2.75) is 0 Å². The Morgan fingerprint density at radius 1 is 1.11 bits per heavy atom. The molecule has 0 saturated heterocycles. The number of imidazole rings is 1. The van der Waals surface area contributed by atoms with Gasteiger partial charge in [-0.2, -0.15) is 5.10 Å². The second kappa shape index (κ2) is 4.15. The summed E-state index contributed by atoms with van der Waals surface area (Å²) in [6.07, 6.45) is 1.87. The van der Waals surface area contributed by atoms with Gasteiger partial charge in [0.25, 0.3) is 0 Å². The molecule has 5 heteroatoms. The predicted octanol–water partition coefficient (Wildman–Crippen LogP) is 4.37. The predicted molar refractivity (Wildman–Crippen MR) is 81.5 cm³/mol. The van der Waals surface area contributed by atoms with Gasteiger partial charge >= 0.3 is 0 Å². The maximum atomic E-state index is 4.62. The Bertz CT molecular complexity index is 894. The first-order valence-corrected chi connectivity index (χ1v) is 7.47. The van der Waals surface area contributed by atoms with Gasteiger partial charge in [0.05, 0.1) is 11.9 Å². The van der Waals surface area contributed by atoms with E-state index in [0.717, 1.165) is 15.9 Å². The van der Waals surface area contributed by atoms with Gasteiger partial charge in [-0.05, 0) is 34.1 Å². The van der Waals surface area contributed by atoms with Crippen LogP contribution in [0.5, 0.6) is 0 Å². The maximum absolute atomic E-state index is 4.62. The number of benzene rings is 1. The van der Waals surface area contributed by atoms with Crippen LogP contribution >= 0.6 is 27.3 Å². The van der Waals surface area contributed by atoms with Crippen molar-refractivity contribution in [3.8, 4) is 11.3 Å². The highest BCUT2D eigenvalue weighted by Gasteiger charge is 2.08. The van der Waals surface area contributed by atoms with E-state index >= 15 is 0 Å². The van der Waals surface area contributed by atoms with Gasteiger partial charge in [-0.25, -0.2) is 9.50 Å². The van der Waals surface area contributed by atoms with E-state index in [0.29, 0.717) is 0 Å². The summed E-state index contributed by atoms with van der Waals surface area (Å²) in [6.45, 7) is 0. The van der Waals surface area contributed by atoms with Crippen molar-refractivity contribution >= 4 is 43.0 Å². The zero-order valence-electron chi connectivity index (χ0n) is 9.75. The molecule has 92 valence electrons. The Morgan fingerprint density at radius 2 is 2.00 bits per heavy atom. The Balaban J connectivity index is 1.98. The van der Waals surface area contributed by atoms with Crippen molar-refractivity contribution in [2.75, 3.05) is 0 Å². The van der Waals surface area contributed by atoms with Crippen LogP contribution in [-0.2, 0) is 0 Å². The molecule has 0 fully saturated rings. The number of halogens is 1. The van der Waals surface area contributed by atoms with Crippen LogP contribution in [0, 0.1) is 0 Å². The molecule has 0 unspecified atom stereocenters. The number of hydrogen-bond acceptors (Lipinski definition) is 3. The number of thiophene rings is 1. The molecule has 0 atom stereocenters. The number of fused-ring (bicyclic) bond motifs is 2. The molecular formula is C14H8BrN3S. The summed E-state index contributed by atoms with van der Waals surface area (Å²) >= 11 is 5.11. The average Bonchev–Trinajstić information content (AvgIpc) is 2.99. The zero-order valence-corrected chi connectivity index (χ0v) is 12.1. The van der Waals surface area contributed by atoms with Crippen LogP contribution in [0.1, 0.15) is 0 Å². The lowest BCUT2D eigenvalue weighted by atomic mass is 10.1. The quantitative estimate of drug-likeness (QED) is 0.519. The highest BCUT2D eigenvalue weighted by atomic mass is 79.9. The summed E-state index contributed by atoms with van der Waals surface area (Å²) in [5.74, 6) is 0. The minimum absolute atomic E-state index is 0.798. The molecule has 19 heavy (non-hydrogen) atoms. The number of hydrogen-bond donors (Lipinski definition) is 0. The smallest absolute Gasteiger partial charge is 0.154 e. The van der Waals surface area contributed by atoms with E-state index in [2.05, 4.69) is 55.7 Å². The zero-order chi connectivity index (χ0) is 12.8. The second-order valence-electron chi connectivity index (χ2n) is 4.23. The van der Waals surface area contributed by atoms with E-state index in [1.54, 1.807) is 15.9 Å². The summed E-state index contributed by atoms with van der Waals surface area (Å²) in [4.78, 5) is 4.32. The largest absolute Gasteiger partial charge is 0.220 e. The lowest BCUT2D eigenvalue weighted by Gasteiger charge is -2.00. The average molecular weight is 330 g/mol. The molecule has 3 nitrogen and oxygen atoms in total. The standard InChI is InChI=1S/C14H8BrN3S/c15-13-7-18-14(16-13)6-5-11(17-18)10-8-19-12-4-2-1-3-9(10)12/h1-8H. The van der Waals surface area contributed by atoms with Crippen LogP contribution in [0.25, 0.3) is 27.0 Å². The fourth-order valence-electron chi connectivity index (χ4n) is 2.17. The summed E-state index contributed by atoms with van der Waals surface area (Å²) in [5.41, 5.74) is 2.98. The first-order valence-electron chi connectivity index (χ1n) is 5.80. The monoisotopic (exact) mass is 329 g/mol. The highest BCUT2D eigenvalue weighted by molar-refractivity contribution is 9.10. The number of aromatic nitrogens is 3. The molecule has 0 spiro atoms. The normalized spacial score (nSPS) is 11.4. The van der Waals surface area contributed by atoms with Crippen LogP contribution in [0.4, 0.5) is 0 Å². The summed E-state index contributed by atoms with van der Waals surface area (Å²) in [7, 11) is 0. The van der Waals surface area contributed by atoms with Crippen molar-refractivity contribution in [2.24, 2.45) is 0 Å². The fourth-order valence-corrected chi connectivity index (χ4v) is 3.50. The first-order chi connectivity index (χ1) is 9.31. The third-order valence-corrected chi connectivity index (χ3v) is 4.39.